The average Bonchev–Trinajstić information content (AvgIpc) is 2.64. The molecule has 0 spiro atoms. The zero-order valence-corrected chi connectivity index (χ0v) is 17.5. The summed E-state index contributed by atoms with van der Waals surface area (Å²) in [5, 5.41) is 0. The van der Waals surface area contributed by atoms with Gasteiger partial charge in [0.15, 0.2) is 0 Å². The van der Waals surface area contributed by atoms with Gasteiger partial charge in [-0.3, -0.25) is 0 Å². The van der Waals surface area contributed by atoms with Crippen molar-refractivity contribution in [2.45, 2.75) is 111 Å². The van der Waals surface area contributed by atoms with Gasteiger partial charge in [-0.25, -0.2) is 0 Å². The van der Waals surface area contributed by atoms with Crippen LogP contribution in [-0.4, -0.2) is 25.4 Å². The third-order valence-electron chi connectivity index (χ3n) is 7.05. The SMILES string of the molecule is CCCCOC1CCC(OCC2CCC(CCCC)CC2)C(C)C1C. The van der Waals surface area contributed by atoms with Gasteiger partial charge in [-0.2, -0.15) is 0 Å². The van der Waals surface area contributed by atoms with Gasteiger partial charge in [0.25, 0.3) is 0 Å². The first-order valence-electron chi connectivity index (χ1n) is 11.4. The van der Waals surface area contributed by atoms with Gasteiger partial charge in [0.2, 0.25) is 0 Å². The lowest BCUT2D eigenvalue weighted by molar-refractivity contribution is -0.0993. The average molecular weight is 353 g/mol. The molecule has 0 saturated heterocycles. The molecule has 0 radical (unpaired) electrons. The first-order chi connectivity index (χ1) is 12.2. The van der Waals surface area contributed by atoms with E-state index in [2.05, 4.69) is 27.7 Å². The van der Waals surface area contributed by atoms with Crippen LogP contribution in [0, 0.1) is 23.7 Å². The zero-order chi connectivity index (χ0) is 18.1. The van der Waals surface area contributed by atoms with Gasteiger partial charge in [-0.15, -0.1) is 0 Å². The Kier molecular flexibility index (Phi) is 9.84. The second kappa shape index (κ2) is 11.6. The second-order valence-corrected chi connectivity index (χ2v) is 8.96. The van der Waals surface area contributed by atoms with Gasteiger partial charge in [-0.05, 0) is 55.8 Å². The molecular formula is C23H44O2. The van der Waals surface area contributed by atoms with E-state index in [4.69, 9.17) is 9.47 Å². The van der Waals surface area contributed by atoms with E-state index >= 15 is 0 Å². The van der Waals surface area contributed by atoms with E-state index in [1.807, 2.05) is 0 Å². The van der Waals surface area contributed by atoms with Crippen LogP contribution in [0.4, 0.5) is 0 Å². The summed E-state index contributed by atoms with van der Waals surface area (Å²) in [5.74, 6) is 3.08. The maximum Gasteiger partial charge on any atom is 0.0605 e. The van der Waals surface area contributed by atoms with Crippen LogP contribution < -0.4 is 0 Å². The smallest absolute Gasteiger partial charge is 0.0605 e. The summed E-state index contributed by atoms with van der Waals surface area (Å²) in [4.78, 5) is 0. The molecule has 2 nitrogen and oxygen atoms in total. The number of hydrogen-bond acceptors (Lipinski definition) is 2. The van der Waals surface area contributed by atoms with E-state index in [0.29, 0.717) is 24.0 Å². The predicted octanol–water partition coefficient (Wildman–Crippen LogP) is 6.62. The minimum Gasteiger partial charge on any atom is -0.378 e. The van der Waals surface area contributed by atoms with E-state index in [1.54, 1.807) is 0 Å². The molecule has 0 aromatic carbocycles. The standard InChI is InChI=1S/C23H44O2/c1-5-7-9-20-10-12-21(13-11-20)17-25-23-15-14-22(18(3)19(23)4)24-16-8-6-2/h18-23H,5-17H2,1-4H3. The fraction of sp³-hybridized carbons (Fsp3) is 1.00. The molecular weight excluding hydrogens is 308 g/mol. The lowest BCUT2D eigenvalue weighted by Crippen LogP contribution is -2.41. The molecule has 25 heavy (non-hydrogen) atoms. The van der Waals surface area contributed by atoms with Crippen molar-refractivity contribution < 1.29 is 9.47 Å². The summed E-state index contributed by atoms with van der Waals surface area (Å²) < 4.78 is 12.6. The lowest BCUT2D eigenvalue weighted by atomic mass is 9.77. The van der Waals surface area contributed by atoms with E-state index in [-0.39, 0.29) is 0 Å². The van der Waals surface area contributed by atoms with Crippen molar-refractivity contribution in [3.05, 3.63) is 0 Å². The molecule has 2 saturated carbocycles. The Balaban J connectivity index is 1.65. The Labute approximate surface area is 157 Å². The van der Waals surface area contributed by atoms with Crippen molar-refractivity contribution in [3.63, 3.8) is 0 Å². The Bertz CT molecular complexity index is 335. The van der Waals surface area contributed by atoms with E-state index in [9.17, 15) is 0 Å². The molecule has 2 heteroatoms. The molecule has 0 N–H and O–H groups in total. The summed E-state index contributed by atoms with van der Waals surface area (Å²) in [5.41, 5.74) is 0. The van der Waals surface area contributed by atoms with Crippen LogP contribution in [0.25, 0.3) is 0 Å². The van der Waals surface area contributed by atoms with Gasteiger partial charge in [0, 0.05) is 13.2 Å². The maximum atomic E-state index is 6.44. The molecule has 0 aliphatic heterocycles. The third-order valence-corrected chi connectivity index (χ3v) is 7.05. The van der Waals surface area contributed by atoms with Crippen molar-refractivity contribution in [1.82, 2.24) is 0 Å². The highest BCUT2D eigenvalue weighted by Crippen LogP contribution is 2.36. The first kappa shape index (κ1) is 21.2. The monoisotopic (exact) mass is 352 g/mol. The normalized spacial score (nSPS) is 36.5. The summed E-state index contributed by atoms with van der Waals surface area (Å²) >= 11 is 0. The third kappa shape index (κ3) is 6.86. The van der Waals surface area contributed by atoms with Crippen molar-refractivity contribution in [2.75, 3.05) is 13.2 Å². The fourth-order valence-electron chi connectivity index (χ4n) is 4.82. The van der Waals surface area contributed by atoms with Gasteiger partial charge < -0.3 is 9.47 Å². The Hall–Kier alpha value is -0.0800. The molecule has 0 aromatic rings. The Morgan fingerprint density at radius 3 is 1.84 bits per heavy atom. The van der Waals surface area contributed by atoms with Gasteiger partial charge in [0.05, 0.1) is 12.2 Å². The molecule has 0 aromatic heterocycles. The topological polar surface area (TPSA) is 18.5 Å². The summed E-state index contributed by atoms with van der Waals surface area (Å²) in [6.45, 7) is 11.2. The van der Waals surface area contributed by atoms with E-state index < -0.39 is 0 Å². The molecule has 0 heterocycles. The van der Waals surface area contributed by atoms with Gasteiger partial charge >= 0.3 is 0 Å². The zero-order valence-electron chi connectivity index (χ0n) is 17.5. The molecule has 2 fully saturated rings. The van der Waals surface area contributed by atoms with Crippen LogP contribution in [0.15, 0.2) is 0 Å². The molecule has 0 bridgehead atoms. The Morgan fingerprint density at radius 1 is 0.680 bits per heavy atom. The van der Waals surface area contributed by atoms with Gasteiger partial charge in [-0.1, -0.05) is 66.2 Å². The highest BCUT2D eigenvalue weighted by Gasteiger charge is 2.35. The van der Waals surface area contributed by atoms with Crippen LogP contribution in [0.2, 0.25) is 0 Å². The van der Waals surface area contributed by atoms with Crippen molar-refractivity contribution in [3.8, 4) is 0 Å². The summed E-state index contributed by atoms with van der Waals surface area (Å²) in [6, 6.07) is 0. The number of unbranched alkanes of at least 4 members (excludes halogenated alkanes) is 2. The van der Waals surface area contributed by atoms with E-state index in [0.717, 1.165) is 25.0 Å². The fourth-order valence-corrected chi connectivity index (χ4v) is 4.82. The van der Waals surface area contributed by atoms with Gasteiger partial charge in [0.1, 0.15) is 0 Å². The second-order valence-electron chi connectivity index (χ2n) is 8.96. The molecule has 4 atom stereocenters. The number of ether oxygens (including phenoxy) is 2. The molecule has 2 rings (SSSR count). The van der Waals surface area contributed by atoms with Crippen LogP contribution >= 0.6 is 0 Å². The number of hydrogen-bond donors (Lipinski definition) is 0. The number of rotatable bonds is 10. The molecule has 2 aliphatic carbocycles. The van der Waals surface area contributed by atoms with Crippen molar-refractivity contribution >= 4 is 0 Å². The first-order valence-corrected chi connectivity index (χ1v) is 11.4. The lowest BCUT2D eigenvalue weighted by Gasteiger charge is -2.40. The summed E-state index contributed by atoms with van der Waals surface area (Å²) in [6.07, 6.45) is 15.6. The van der Waals surface area contributed by atoms with Crippen molar-refractivity contribution in [2.24, 2.45) is 23.7 Å². The van der Waals surface area contributed by atoms with Crippen LogP contribution in [0.3, 0.4) is 0 Å². The molecule has 148 valence electrons. The highest BCUT2D eigenvalue weighted by atomic mass is 16.5. The van der Waals surface area contributed by atoms with Crippen LogP contribution in [0.5, 0.6) is 0 Å². The minimum atomic E-state index is 0.454. The summed E-state index contributed by atoms with van der Waals surface area (Å²) in [7, 11) is 0. The van der Waals surface area contributed by atoms with E-state index in [1.165, 1.54) is 70.6 Å². The van der Waals surface area contributed by atoms with Crippen molar-refractivity contribution in [1.29, 1.82) is 0 Å². The van der Waals surface area contributed by atoms with Crippen LogP contribution in [0.1, 0.15) is 98.3 Å². The quantitative estimate of drug-likeness (QED) is 0.411. The molecule has 2 aliphatic rings. The predicted molar refractivity (Wildman–Crippen MR) is 107 cm³/mol. The minimum absolute atomic E-state index is 0.454. The highest BCUT2D eigenvalue weighted by molar-refractivity contribution is 4.85. The Morgan fingerprint density at radius 2 is 1.24 bits per heavy atom. The molecule has 4 unspecified atom stereocenters. The molecule has 0 amide bonds. The largest absolute Gasteiger partial charge is 0.378 e. The van der Waals surface area contributed by atoms with Crippen LogP contribution in [-0.2, 0) is 9.47 Å². The maximum absolute atomic E-state index is 6.44.